The standard InChI is InChI=1S/C14H22N2O4/c1-13(2,3)16-8-9(7-10(16)17)11(18)15-14(12(19)20)5-4-6-14/h9H,4-8H2,1-3H3,(H,15,18)(H,19,20)/t9-/m0/s1. The molecule has 1 heterocycles. The number of hydrogen-bond acceptors (Lipinski definition) is 3. The highest BCUT2D eigenvalue weighted by Crippen LogP contribution is 2.33. The van der Waals surface area contributed by atoms with Crippen LogP contribution in [-0.4, -0.2) is 45.4 Å². The molecule has 0 aromatic heterocycles. The molecule has 0 aromatic rings. The summed E-state index contributed by atoms with van der Waals surface area (Å²) in [6, 6.07) is 0. The maximum Gasteiger partial charge on any atom is 0.329 e. The molecule has 1 saturated carbocycles. The highest BCUT2D eigenvalue weighted by atomic mass is 16.4. The molecule has 1 saturated heterocycles. The first-order chi connectivity index (χ1) is 9.16. The van der Waals surface area contributed by atoms with Crippen LogP contribution in [0.4, 0.5) is 0 Å². The largest absolute Gasteiger partial charge is 0.480 e. The average Bonchev–Trinajstić information content (AvgIpc) is 2.64. The molecule has 20 heavy (non-hydrogen) atoms. The van der Waals surface area contributed by atoms with Crippen LogP contribution in [0.15, 0.2) is 0 Å². The summed E-state index contributed by atoms with van der Waals surface area (Å²) in [5.41, 5.74) is -1.41. The van der Waals surface area contributed by atoms with E-state index in [-0.39, 0.29) is 23.8 Å². The van der Waals surface area contributed by atoms with Gasteiger partial charge in [0.05, 0.1) is 5.92 Å². The monoisotopic (exact) mass is 282 g/mol. The summed E-state index contributed by atoms with van der Waals surface area (Å²) in [5, 5.41) is 11.9. The Bertz CT molecular complexity index is 449. The van der Waals surface area contributed by atoms with Crippen LogP contribution >= 0.6 is 0 Å². The third-order valence-corrected chi connectivity index (χ3v) is 4.28. The number of likely N-dealkylation sites (tertiary alicyclic amines) is 1. The molecule has 2 fully saturated rings. The Morgan fingerprint density at radius 3 is 2.30 bits per heavy atom. The van der Waals surface area contributed by atoms with Crippen molar-refractivity contribution >= 4 is 17.8 Å². The molecule has 6 heteroatoms. The van der Waals surface area contributed by atoms with Crippen molar-refractivity contribution in [3.05, 3.63) is 0 Å². The molecule has 0 radical (unpaired) electrons. The van der Waals surface area contributed by atoms with Crippen molar-refractivity contribution in [2.24, 2.45) is 5.92 Å². The maximum absolute atomic E-state index is 12.2. The lowest BCUT2D eigenvalue weighted by Crippen LogP contribution is -2.60. The number of nitrogens with one attached hydrogen (secondary N) is 1. The first kappa shape index (κ1) is 14.8. The molecule has 2 N–H and O–H groups in total. The minimum Gasteiger partial charge on any atom is -0.480 e. The lowest BCUT2D eigenvalue weighted by molar-refractivity contribution is -0.152. The highest BCUT2D eigenvalue weighted by Gasteiger charge is 2.48. The predicted octanol–water partition coefficient (Wildman–Crippen LogP) is 0.757. The molecule has 0 unspecified atom stereocenters. The van der Waals surface area contributed by atoms with Crippen LogP contribution in [0.1, 0.15) is 46.5 Å². The second-order valence-corrected chi connectivity index (χ2v) is 6.81. The summed E-state index contributed by atoms with van der Waals surface area (Å²) in [5.74, 6) is -1.78. The molecule has 0 bridgehead atoms. The predicted molar refractivity (Wildman–Crippen MR) is 71.9 cm³/mol. The molecular weight excluding hydrogens is 260 g/mol. The lowest BCUT2D eigenvalue weighted by atomic mass is 9.76. The Kier molecular flexibility index (Phi) is 3.52. The molecule has 0 aromatic carbocycles. The van der Waals surface area contributed by atoms with Gasteiger partial charge in [-0.15, -0.1) is 0 Å². The van der Waals surface area contributed by atoms with Gasteiger partial charge in [-0.2, -0.15) is 0 Å². The summed E-state index contributed by atoms with van der Waals surface area (Å²) >= 11 is 0. The average molecular weight is 282 g/mol. The van der Waals surface area contributed by atoms with E-state index in [1.807, 2.05) is 20.8 Å². The normalized spacial score (nSPS) is 25.2. The van der Waals surface area contributed by atoms with Crippen molar-refractivity contribution in [2.45, 2.75) is 57.5 Å². The SMILES string of the molecule is CC(C)(C)N1C[C@@H](C(=O)NC2(C(=O)O)CCC2)CC1=O. The Balaban J connectivity index is 2.01. The van der Waals surface area contributed by atoms with E-state index in [1.165, 1.54) is 0 Å². The Labute approximate surface area is 118 Å². The van der Waals surface area contributed by atoms with Gasteiger partial charge in [0.15, 0.2) is 0 Å². The number of carbonyl (C=O) groups is 3. The first-order valence-electron chi connectivity index (χ1n) is 7.02. The van der Waals surface area contributed by atoms with Crippen molar-refractivity contribution in [3.63, 3.8) is 0 Å². The summed E-state index contributed by atoms with van der Waals surface area (Å²) < 4.78 is 0. The third-order valence-electron chi connectivity index (χ3n) is 4.28. The number of carboxylic acid groups (broad SMARTS) is 1. The number of aliphatic carboxylic acids is 1. The van der Waals surface area contributed by atoms with E-state index in [1.54, 1.807) is 4.90 Å². The van der Waals surface area contributed by atoms with Gasteiger partial charge < -0.3 is 15.3 Å². The number of amides is 2. The van der Waals surface area contributed by atoms with E-state index in [0.717, 1.165) is 6.42 Å². The van der Waals surface area contributed by atoms with E-state index in [4.69, 9.17) is 0 Å². The Morgan fingerprint density at radius 2 is 1.95 bits per heavy atom. The van der Waals surface area contributed by atoms with Gasteiger partial charge >= 0.3 is 5.97 Å². The quantitative estimate of drug-likeness (QED) is 0.800. The fraction of sp³-hybridized carbons (Fsp3) is 0.786. The second-order valence-electron chi connectivity index (χ2n) is 6.81. The van der Waals surface area contributed by atoms with Gasteiger partial charge in [0, 0.05) is 18.5 Å². The number of rotatable bonds is 3. The van der Waals surface area contributed by atoms with Gasteiger partial charge in [-0.25, -0.2) is 4.79 Å². The van der Waals surface area contributed by atoms with E-state index in [9.17, 15) is 19.5 Å². The van der Waals surface area contributed by atoms with E-state index in [0.29, 0.717) is 19.4 Å². The van der Waals surface area contributed by atoms with Gasteiger partial charge in [0.1, 0.15) is 5.54 Å². The molecule has 0 spiro atoms. The summed E-state index contributed by atoms with van der Waals surface area (Å²) in [7, 11) is 0. The Morgan fingerprint density at radius 1 is 1.35 bits per heavy atom. The number of hydrogen-bond donors (Lipinski definition) is 2. The third kappa shape index (κ3) is 2.51. The van der Waals surface area contributed by atoms with Gasteiger partial charge in [-0.3, -0.25) is 9.59 Å². The number of carboxylic acids is 1. The zero-order valence-corrected chi connectivity index (χ0v) is 12.2. The highest BCUT2D eigenvalue weighted by molar-refractivity contribution is 5.93. The summed E-state index contributed by atoms with van der Waals surface area (Å²) in [6.07, 6.45) is 1.92. The van der Waals surface area contributed by atoms with E-state index < -0.39 is 17.4 Å². The molecule has 1 aliphatic carbocycles. The molecule has 2 amide bonds. The molecule has 2 aliphatic rings. The van der Waals surface area contributed by atoms with Crippen molar-refractivity contribution in [1.82, 2.24) is 10.2 Å². The number of nitrogens with zero attached hydrogens (tertiary/aromatic N) is 1. The molecule has 6 nitrogen and oxygen atoms in total. The van der Waals surface area contributed by atoms with Gasteiger partial charge in [0.2, 0.25) is 11.8 Å². The van der Waals surface area contributed by atoms with Crippen LogP contribution in [0.25, 0.3) is 0 Å². The van der Waals surface area contributed by atoms with Gasteiger partial charge in [0.25, 0.3) is 0 Å². The van der Waals surface area contributed by atoms with Crippen LogP contribution in [0.2, 0.25) is 0 Å². The topological polar surface area (TPSA) is 86.7 Å². The minimum atomic E-state index is -1.10. The second kappa shape index (κ2) is 4.75. The smallest absolute Gasteiger partial charge is 0.329 e. The zero-order chi connectivity index (χ0) is 15.1. The van der Waals surface area contributed by atoms with Crippen LogP contribution in [0.3, 0.4) is 0 Å². The number of carbonyl (C=O) groups excluding carboxylic acids is 2. The van der Waals surface area contributed by atoms with E-state index >= 15 is 0 Å². The molecule has 1 aliphatic heterocycles. The summed E-state index contributed by atoms with van der Waals surface area (Å²) in [6.45, 7) is 6.14. The molecular formula is C14H22N2O4. The van der Waals surface area contributed by atoms with E-state index in [2.05, 4.69) is 5.32 Å². The van der Waals surface area contributed by atoms with Gasteiger partial charge in [-0.05, 0) is 40.0 Å². The molecule has 1 atom stereocenters. The zero-order valence-electron chi connectivity index (χ0n) is 12.2. The lowest BCUT2D eigenvalue weighted by Gasteiger charge is -2.39. The van der Waals surface area contributed by atoms with Crippen molar-refractivity contribution in [2.75, 3.05) is 6.54 Å². The van der Waals surface area contributed by atoms with Crippen molar-refractivity contribution in [1.29, 1.82) is 0 Å². The Hall–Kier alpha value is -1.59. The first-order valence-corrected chi connectivity index (χ1v) is 7.02. The summed E-state index contributed by atoms with van der Waals surface area (Å²) in [4.78, 5) is 37.1. The maximum atomic E-state index is 12.2. The van der Waals surface area contributed by atoms with Crippen LogP contribution in [-0.2, 0) is 14.4 Å². The van der Waals surface area contributed by atoms with Crippen molar-refractivity contribution < 1.29 is 19.5 Å². The van der Waals surface area contributed by atoms with Crippen molar-refractivity contribution in [3.8, 4) is 0 Å². The minimum absolute atomic E-state index is 0.0457. The fourth-order valence-electron chi connectivity index (χ4n) is 2.79. The van der Waals surface area contributed by atoms with Crippen LogP contribution in [0.5, 0.6) is 0 Å². The molecule has 112 valence electrons. The van der Waals surface area contributed by atoms with Crippen LogP contribution in [0, 0.1) is 5.92 Å². The van der Waals surface area contributed by atoms with Gasteiger partial charge in [-0.1, -0.05) is 0 Å². The van der Waals surface area contributed by atoms with Crippen LogP contribution < -0.4 is 5.32 Å². The molecule has 2 rings (SSSR count). The fourth-order valence-corrected chi connectivity index (χ4v) is 2.79.